The molecule has 10 nitrogen and oxygen atoms in total. The lowest BCUT2D eigenvalue weighted by Crippen LogP contribution is -2.43. The molecule has 0 saturated carbocycles. The Morgan fingerprint density at radius 3 is 2.44 bits per heavy atom. The van der Waals surface area contributed by atoms with Gasteiger partial charge in [0, 0.05) is 42.9 Å². The summed E-state index contributed by atoms with van der Waals surface area (Å²) in [5.41, 5.74) is 7.85. The fraction of sp³-hybridized carbons (Fsp3) is 0.267. The Kier molecular flexibility index (Phi) is 9.94. The molecular weight excluding hydrogens is 548 g/mol. The normalized spacial score (nSPS) is 13.3. The molecule has 4 rings (SSSR count). The number of ether oxygens (including phenoxy) is 2. The summed E-state index contributed by atoms with van der Waals surface area (Å²) < 4.78 is 10.9. The predicted octanol–water partition coefficient (Wildman–Crippen LogP) is 4.70. The zero-order valence-electron chi connectivity index (χ0n) is 22.3. The first-order chi connectivity index (χ1) is 19.7. The molecule has 3 aromatic carbocycles. The van der Waals surface area contributed by atoms with E-state index in [1.165, 1.54) is 6.07 Å². The van der Waals surface area contributed by atoms with E-state index in [1.807, 2.05) is 11.0 Å². The Hall–Kier alpha value is -4.41. The number of amides is 1. The van der Waals surface area contributed by atoms with E-state index in [1.54, 1.807) is 54.6 Å². The monoisotopic (exact) mass is 578 g/mol. The first kappa shape index (κ1) is 29.6. The molecule has 0 radical (unpaired) electrons. The van der Waals surface area contributed by atoms with Gasteiger partial charge < -0.3 is 30.5 Å². The van der Waals surface area contributed by atoms with Crippen molar-refractivity contribution in [2.75, 3.05) is 18.5 Å². The SMILES string of the molecule is N=C(N)Nc1ccc(C(=O)Oc2ccc(CCC(=O)N(Cc3cccc(C(=O)O)c3)C3CCOCC3)c(Cl)c2)cc1. The fourth-order valence-corrected chi connectivity index (χ4v) is 4.87. The van der Waals surface area contributed by atoms with Crippen LogP contribution in [-0.2, 0) is 22.5 Å². The van der Waals surface area contributed by atoms with Gasteiger partial charge in [-0.05, 0) is 78.9 Å². The third-order valence-corrected chi connectivity index (χ3v) is 7.07. The number of nitrogens with one attached hydrogen (secondary N) is 2. The molecule has 0 aliphatic carbocycles. The number of aryl methyl sites for hydroxylation is 1. The highest BCUT2D eigenvalue weighted by atomic mass is 35.5. The van der Waals surface area contributed by atoms with Crippen LogP contribution in [0.25, 0.3) is 0 Å². The summed E-state index contributed by atoms with van der Waals surface area (Å²) in [5, 5.41) is 19.6. The Balaban J connectivity index is 1.39. The van der Waals surface area contributed by atoms with Crippen molar-refractivity contribution >= 4 is 41.1 Å². The zero-order valence-corrected chi connectivity index (χ0v) is 23.0. The van der Waals surface area contributed by atoms with Gasteiger partial charge in [-0.2, -0.15) is 0 Å². The Labute approximate surface area is 242 Å². The lowest BCUT2D eigenvalue weighted by atomic mass is 10.0. The van der Waals surface area contributed by atoms with Crippen LogP contribution in [0.2, 0.25) is 5.02 Å². The van der Waals surface area contributed by atoms with Gasteiger partial charge in [-0.3, -0.25) is 10.2 Å². The van der Waals surface area contributed by atoms with Crippen LogP contribution in [-0.4, -0.2) is 53.1 Å². The lowest BCUT2D eigenvalue weighted by Gasteiger charge is -2.34. The number of carboxylic acids is 1. The average molecular weight is 579 g/mol. The molecule has 5 N–H and O–H groups in total. The van der Waals surface area contributed by atoms with Gasteiger partial charge in [-0.25, -0.2) is 9.59 Å². The molecule has 11 heteroatoms. The highest BCUT2D eigenvalue weighted by molar-refractivity contribution is 6.31. The summed E-state index contributed by atoms with van der Waals surface area (Å²) >= 11 is 6.49. The van der Waals surface area contributed by atoms with E-state index in [0.717, 1.165) is 11.1 Å². The molecule has 1 amide bonds. The molecule has 41 heavy (non-hydrogen) atoms. The van der Waals surface area contributed by atoms with E-state index in [-0.39, 0.29) is 35.6 Å². The van der Waals surface area contributed by atoms with Gasteiger partial charge in [0.25, 0.3) is 0 Å². The average Bonchev–Trinajstić information content (AvgIpc) is 2.96. The van der Waals surface area contributed by atoms with Crippen LogP contribution in [0.4, 0.5) is 5.69 Å². The minimum absolute atomic E-state index is 0.00528. The van der Waals surface area contributed by atoms with Gasteiger partial charge in [-0.15, -0.1) is 0 Å². The summed E-state index contributed by atoms with van der Waals surface area (Å²) in [6.07, 6.45) is 2.00. The standard InChI is InChI=1S/C30H31ClN4O6/c31-26-17-25(41-29(39)21-4-8-23(9-5-21)34-30(32)33)10-6-20(26)7-11-27(36)35(24-12-14-40-15-13-24)18-19-2-1-3-22(16-19)28(37)38/h1-6,8-10,16-17,24H,7,11-15,18H2,(H,37,38)(H4,32,33,34). The number of nitrogens with zero attached hydrogens (tertiary/aromatic N) is 1. The number of hydrogen-bond acceptors (Lipinski definition) is 6. The number of benzene rings is 3. The molecule has 0 unspecified atom stereocenters. The topological polar surface area (TPSA) is 155 Å². The molecule has 1 aliphatic heterocycles. The first-order valence-corrected chi connectivity index (χ1v) is 13.5. The van der Waals surface area contributed by atoms with Crippen molar-refractivity contribution in [1.82, 2.24) is 4.90 Å². The van der Waals surface area contributed by atoms with E-state index in [0.29, 0.717) is 55.3 Å². The van der Waals surface area contributed by atoms with Gasteiger partial charge in [0.2, 0.25) is 5.91 Å². The molecule has 1 saturated heterocycles. The highest BCUT2D eigenvalue weighted by Crippen LogP contribution is 2.26. The summed E-state index contributed by atoms with van der Waals surface area (Å²) in [4.78, 5) is 39.2. The number of hydrogen-bond donors (Lipinski definition) is 4. The number of carbonyl (C=O) groups is 3. The van der Waals surface area contributed by atoms with Crippen LogP contribution < -0.4 is 15.8 Å². The number of nitrogens with two attached hydrogens (primary N) is 1. The number of guanidine groups is 1. The first-order valence-electron chi connectivity index (χ1n) is 13.1. The summed E-state index contributed by atoms with van der Waals surface area (Å²) in [5.74, 6) is -1.59. The quantitative estimate of drug-likeness (QED) is 0.117. The second-order valence-corrected chi connectivity index (χ2v) is 10.0. The van der Waals surface area contributed by atoms with Crippen LogP contribution in [0.5, 0.6) is 5.75 Å². The molecule has 0 atom stereocenters. The summed E-state index contributed by atoms with van der Waals surface area (Å²) in [6.45, 7) is 1.43. The molecule has 0 spiro atoms. The number of esters is 1. The van der Waals surface area contributed by atoms with Crippen molar-refractivity contribution in [1.29, 1.82) is 5.41 Å². The third kappa shape index (κ3) is 8.29. The fourth-order valence-electron chi connectivity index (χ4n) is 4.61. The van der Waals surface area contributed by atoms with Crippen molar-refractivity contribution in [2.45, 2.75) is 38.3 Å². The number of halogens is 1. The molecule has 1 heterocycles. The molecule has 0 bridgehead atoms. The Morgan fingerprint density at radius 1 is 1.05 bits per heavy atom. The second kappa shape index (κ2) is 13.8. The minimum atomic E-state index is -1.01. The maximum atomic E-state index is 13.4. The summed E-state index contributed by atoms with van der Waals surface area (Å²) in [7, 11) is 0. The Bertz CT molecular complexity index is 1420. The van der Waals surface area contributed by atoms with Crippen LogP contribution in [0.3, 0.4) is 0 Å². The van der Waals surface area contributed by atoms with Crippen molar-refractivity contribution in [3.8, 4) is 5.75 Å². The van der Waals surface area contributed by atoms with Crippen LogP contribution in [0.15, 0.2) is 66.7 Å². The van der Waals surface area contributed by atoms with Gasteiger partial charge in [0.15, 0.2) is 5.96 Å². The van der Waals surface area contributed by atoms with E-state index in [4.69, 9.17) is 32.2 Å². The number of aromatic carboxylic acids is 1. The maximum Gasteiger partial charge on any atom is 0.343 e. The van der Waals surface area contributed by atoms with Crippen LogP contribution in [0, 0.1) is 5.41 Å². The minimum Gasteiger partial charge on any atom is -0.478 e. The van der Waals surface area contributed by atoms with E-state index in [9.17, 15) is 19.5 Å². The van der Waals surface area contributed by atoms with Crippen molar-refractivity contribution in [3.63, 3.8) is 0 Å². The molecule has 214 valence electrons. The van der Waals surface area contributed by atoms with E-state index < -0.39 is 11.9 Å². The van der Waals surface area contributed by atoms with Gasteiger partial charge in [0.1, 0.15) is 5.75 Å². The number of carbonyl (C=O) groups excluding carboxylic acids is 2. The smallest absolute Gasteiger partial charge is 0.343 e. The number of carboxylic acid groups (broad SMARTS) is 1. The molecular formula is C30H31ClN4O6. The van der Waals surface area contributed by atoms with E-state index in [2.05, 4.69) is 5.32 Å². The van der Waals surface area contributed by atoms with Crippen molar-refractivity contribution in [3.05, 3.63) is 94.0 Å². The lowest BCUT2D eigenvalue weighted by molar-refractivity contribution is -0.136. The molecule has 1 aliphatic rings. The number of rotatable bonds is 10. The predicted molar refractivity (Wildman–Crippen MR) is 155 cm³/mol. The Morgan fingerprint density at radius 2 is 1.78 bits per heavy atom. The highest BCUT2D eigenvalue weighted by Gasteiger charge is 2.26. The molecule has 0 aromatic heterocycles. The zero-order chi connectivity index (χ0) is 29.4. The van der Waals surface area contributed by atoms with Crippen molar-refractivity contribution in [2.24, 2.45) is 5.73 Å². The van der Waals surface area contributed by atoms with E-state index >= 15 is 0 Å². The van der Waals surface area contributed by atoms with Crippen LogP contribution in [0.1, 0.15) is 51.1 Å². The number of anilines is 1. The van der Waals surface area contributed by atoms with Crippen molar-refractivity contribution < 1.29 is 29.0 Å². The molecule has 3 aromatic rings. The van der Waals surface area contributed by atoms with Gasteiger partial charge >= 0.3 is 11.9 Å². The summed E-state index contributed by atoms with van der Waals surface area (Å²) in [6, 6.07) is 17.8. The second-order valence-electron chi connectivity index (χ2n) is 9.63. The maximum absolute atomic E-state index is 13.4. The van der Waals surface area contributed by atoms with Crippen LogP contribution >= 0.6 is 11.6 Å². The van der Waals surface area contributed by atoms with Gasteiger partial charge in [-0.1, -0.05) is 29.8 Å². The van der Waals surface area contributed by atoms with Gasteiger partial charge in [0.05, 0.1) is 11.1 Å². The largest absolute Gasteiger partial charge is 0.478 e. The molecule has 1 fully saturated rings. The third-order valence-electron chi connectivity index (χ3n) is 6.72.